The Balaban J connectivity index is 1.79. The molecule has 0 spiro atoms. The summed E-state index contributed by atoms with van der Waals surface area (Å²) in [5, 5.41) is 16.4. The summed E-state index contributed by atoms with van der Waals surface area (Å²) in [6.07, 6.45) is 1.53. The first kappa shape index (κ1) is 22.3. The van der Waals surface area contributed by atoms with E-state index >= 15 is 0 Å². The van der Waals surface area contributed by atoms with Gasteiger partial charge in [-0.25, -0.2) is 4.98 Å². The van der Waals surface area contributed by atoms with Gasteiger partial charge in [-0.2, -0.15) is 0 Å². The van der Waals surface area contributed by atoms with Crippen LogP contribution in [0.15, 0.2) is 54.0 Å². The molecule has 0 aliphatic rings. The number of thiazole rings is 1. The molecule has 0 atom stereocenters. The Hall–Kier alpha value is -3.43. The summed E-state index contributed by atoms with van der Waals surface area (Å²) in [5.41, 5.74) is 0.810. The molecular formula is C22H23N3O5S. The molecule has 3 rings (SSSR count). The predicted molar refractivity (Wildman–Crippen MR) is 118 cm³/mol. The number of carbonyl (C=O) groups excluding carboxylic acids is 2. The zero-order valence-corrected chi connectivity index (χ0v) is 17.9. The Kier molecular flexibility index (Phi) is 7.58. The fraction of sp³-hybridized carbons (Fsp3) is 0.227. The zero-order valence-electron chi connectivity index (χ0n) is 17.1. The fourth-order valence-corrected chi connectivity index (χ4v) is 3.16. The monoisotopic (exact) mass is 441 g/mol. The summed E-state index contributed by atoms with van der Waals surface area (Å²) < 4.78 is 11.7. The van der Waals surface area contributed by atoms with Crippen LogP contribution in [-0.4, -0.2) is 41.2 Å². The first-order valence-electron chi connectivity index (χ1n) is 9.64. The van der Waals surface area contributed by atoms with E-state index in [2.05, 4.69) is 15.6 Å². The number of rotatable bonds is 9. The molecule has 3 aromatic rings. The average molecular weight is 442 g/mol. The van der Waals surface area contributed by atoms with Crippen molar-refractivity contribution < 1.29 is 24.2 Å². The van der Waals surface area contributed by atoms with E-state index in [1.54, 1.807) is 54.0 Å². The average Bonchev–Trinajstić information content (AvgIpc) is 3.25. The predicted octanol–water partition coefficient (Wildman–Crippen LogP) is 3.70. The van der Waals surface area contributed by atoms with Gasteiger partial charge in [-0.15, -0.1) is 11.3 Å². The zero-order chi connectivity index (χ0) is 22.2. The smallest absolute Gasteiger partial charge is 0.257 e. The summed E-state index contributed by atoms with van der Waals surface area (Å²) in [5.74, 6) is 0.794. The lowest BCUT2D eigenvalue weighted by atomic mass is 10.1. The van der Waals surface area contributed by atoms with Crippen molar-refractivity contribution in [2.75, 3.05) is 18.5 Å². The summed E-state index contributed by atoms with van der Waals surface area (Å²) in [7, 11) is 0. The van der Waals surface area contributed by atoms with Gasteiger partial charge < -0.3 is 19.9 Å². The second kappa shape index (κ2) is 10.6. The number of ether oxygens (including phenoxy) is 2. The molecule has 0 fully saturated rings. The SMILES string of the molecule is CC(C)Oc1cc(Oc2ccc(C(=O)NCCO)cc2)cc(C(=O)Nc2nccs2)c1. The second-order valence-corrected chi connectivity index (χ2v) is 7.65. The Morgan fingerprint density at radius 2 is 1.77 bits per heavy atom. The van der Waals surface area contributed by atoms with Gasteiger partial charge in [0.25, 0.3) is 11.8 Å². The van der Waals surface area contributed by atoms with Crippen molar-refractivity contribution in [3.8, 4) is 17.2 Å². The lowest BCUT2D eigenvalue weighted by Gasteiger charge is -2.14. The third-order valence-electron chi connectivity index (χ3n) is 3.92. The third kappa shape index (κ3) is 6.53. The molecule has 0 saturated heterocycles. The molecular weight excluding hydrogens is 418 g/mol. The molecule has 3 N–H and O–H groups in total. The van der Waals surface area contributed by atoms with Crippen LogP contribution >= 0.6 is 11.3 Å². The van der Waals surface area contributed by atoms with E-state index in [0.29, 0.717) is 33.5 Å². The number of aromatic nitrogens is 1. The highest BCUT2D eigenvalue weighted by molar-refractivity contribution is 7.13. The fourth-order valence-electron chi connectivity index (χ4n) is 2.64. The van der Waals surface area contributed by atoms with Crippen molar-refractivity contribution in [1.29, 1.82) is 0 Å². The van der Waals surface area contributed by atoms with Gasteiger partial charge in [-0.05, 0) is 50.2 Å². The molecule has 0 unspecified atom stereocenters. The van der Waals surface area contributed by atoms with Crippen LogP contribution in [0, 0.1) is 0 Å². The van der Waals surface area contributed by atoms with E-state index in [1.807, 2.05) is 13.8 Å². The lowest BCUT2D eigenvalue weighted by Crippen LogP contribution is -2.26. The highest BCUT2D eigenvalue weighted by Crippen LogP contribution is 2.29. The number of nitrogens with one attached hydrogen (secondary N) is 2. The first-order valence-corrected chi connectivity index (χ1v) is 10.5. The minimum Gasteiger partial charge on any atom is -0.491 e. The summed E-state index contributed by atoms with van der Waals surface area (Å²) in [6.45, 7) is 3.85. The van der Waals surface area contributed by atoms with Crippen LogP contribution in [0.25, 0.3) is 0 Å². The van der Waals surface area contributed by atoms with Gasteiger partial charge in [0.1, 0.15) is 17.2 Å². The molecule has 31 heavy (non-hydrogen) atoms. The minimum atomic E-state index is -0.329. The third-order valence-corrected chi connectivity index (χ3v) is 4.60. The normalized spacial score (nSPS) is 10.6. The molecule has 0 bridgehead atoms. The van der Waals surface area contributed by atoms with Crippen molar-refractivity contribution in [3.63, 3.8) is 0 Å². The highest BCUT2D eigenvalue weighted by Gasteiger charge is 2.13. The van der Waals surface area contributed by atoms with Crippen molar-refractivity contribution in [3.05, 3.63) is 65.2 Å². The van der Waals surface area contributed by atoms with Crippen molar-refractivity contribution >= 4 is 28.3 Å². The quantitative estimate of drug-likeness (QED) is 0.467. The number of amides is 2. The van der Waals surface area contributed by atoms with Crippen LogP contribution in [0.1, 0.15) is 34.6 Å². The van der Waals surface area contributed by atoms with Crippen molar-refractivity contribution in [2.45, 2.75) is 20.0 Å². The number of benzene rings is 2. The van der Waals surface area contributed by atoms with Gasteiger partial charge in [-0.1, -0.05) is 0 Å². The van der Waals surface area contributed by atoms with Crippen LogP contribution in [-0.2, 0) is 0 Å². The number of aliphatic hydroxyl groups excluding tert-OH is 1. The molecule has 9 heteroatoms. The van der Waals surface area contributed by atoms with E-state index in [-0.39, 0.29) is 31.1 Å². The van der Waals surface area contributed by atoms with E-state index in [4.69, 9.17) is 14.6 Å². The highest BCUT2D eigenvalue weighted by atomic mass is 32.1. The van der Waals surface area contributed by atoms with E-state index in [9.17, 15) is 9.59 Å². The minimum absolute atomic E-state index is 0.0816. The summed E-state index contributed by atoms with van der Waals surface area (Å²) in [4.78, 5) is 28.6. The molecule has 2 amide bonds. The van der Waals surface area contributed by atoms with Gasteiger partial charge in [0.05, 0.1) is 12.7 Å². The molecule has 1 aromatic heterocycles. The number of nitrogens with zero attached hydrogens (tertiary/aromatic N) is 1. The lowest BCUT2D eigenvalue weighted by molar-refractivity contribution is 0.0944. The topological polar surface area (TPSA) is 110 Å². The van der Waals surface area contributed by atoms with Crippen LogP contribution in [0.3, 0.4) is 0 Å². The van der Waals surface area contributed by atoms with Crippen LogP contribution in [0.4, 0.5) is 5.13 Å². The Labute approximate surface area is 183 Å². The number of aliphatic hydroxyl groups is 1. The van der Waals surface area contributed by atoms with Gasteiger partial charge >= 0.3 is 0 Å². The van der Waals surface area contributed by atoms with Crippen LogP contribution in [0.5, 0.6) is 17.2 Å². The summed E-state index contributed by atoms with van der Waals surface area (Å²) in [6, 6.07) is 11.5. The molecule has 0 radical (unpaired) electrons. The maximum absolute atomic E-state index is 12.6. The summed E-state index contributed by atoms with van der Waals surface area (Å²) >= 11 is 1.32. The molecule has 1 heterocycles. The number of hydrogen-bond acceptors (Lipinski definition) is 7. The molecule has 162 valence electrons. The van der Waals surface area contributed by atoms with Crippen molar-refractivity contribution in [1.82, 2.24) is 10.3 Å². The van der Waals surface area contributed by atoms with E-state index in [1.165, 1.54) is 11.3 Å². The Morgan fingerprint density at radius 3 is 2.42 bits per heavy atom. The molecule has 8 nitrogen and oxygen atoms in total. The number of anilines is 1. The van der Waals surface area contributed by atoms with Gasteiger partial charge in [-0.3, -0.25) is 14.9 Å². The maximum atomic E-state index is 12.6. The molecule has 2 aromatic carbocycles. The molecule has 0 aliphatic heterocycles. The standard InChI is InChI=1S/C22H23N3O5S/c1-14(2)29-18-11-16(21(28)25-22-24-8-10-31-22)12-19(13-18)30-17-5-3-15(4-6-17)20(27)23-7-9-26/h3-6,8,10-14,26H,7,9H2,1-2H3,(H,23,27)(H,24,25,28). The van der Waals surface area contributed by atoms with E-state index in [0.717, 1.165) is 0 Å². The Morgan fingerprint density at radius 1 is 1.03 bits per heavy atom. The van der Waals surface area contributed by atoms with Crippen molar-refractivity contribution in [2.24, 2.45) is 0 Å². The van der Waals surface area contributed by atoms with E-state index < -0.39 is 0 Å². The molecule has 0 saturated carbocycles. The second-order valence-electron chi connectivity index (χ2n) is 6.76. The maximum Gasteiger partial charge on any atom is 0.257 e. The Bertz CT molecular complexity index is 1020. The molecule has 0 aliphatic carbocycles. The van der Waals surface area contributed by atoms with Crippen LogP contribution < -0.4 is 20.1 Å². The largest absolute Gasteiger partial charge is 0.491 e. The van der Waals surface area contributed by atoms with Crippen LogP contribution in [0.2, 0.25) is 0 Å². The van der Waals surface area contributed by atoms with Gasteiger partial charge in [0.15, 0.2) is 5.13 Å². The number of carbonyl (C=O) groups is 2. The first-order chi connectivity index (χ1) is 14.9. The van der Waals surface area contributed by atoms with Gasteiger partial charge in [0, 0.05) is 35.3 Å². The van der Waals surface area contributed by atoms with Gasteiger partial charge in [0.2, 0.25) is 0 Å². The number of hydrogen-bond donors (Lipinski definition) is 3.